The van der Waals surface area contributed by atoms with Crippen molar-refractivity contribution in [1.29, 1.82) is 0 Å². The molecule has 208 valence electrons. The molecule has 4 N–H and O–H groups in total. The quantitative estimate of drug-likeness (QED) is 0.227. The van der Waals surface area contributed by atoms with E-state index in [1.165, 1.54) is 17.4 Å². The second-order valence-corrected chi connectivity index (χ2v) is 11.2. The Morgan fingerprint density at radius 1 is 1.22 bits per heavy atom. The van der Waals surface area contributed by atoms with Crippen LogP contribution in [-0.2, 0) is 28.0 Å². The van der Waals surface area contributed by atoms with Gasteiger partial charge in [-0.25, -0.2) is 19.3 Å². The number of fused-ring (bicyclic) bond motifs is 2. The molecule has 0 bridgehead atoms. The van der Waals surface area contributed by atoms with Gasteiger partial charge in [-0.1, -0.05) is 29.8 Å². The maximum Gasteiger partial charge on any atom is 0.303 e. The second-order valence-electron chi connectivity index (χ2n) is 9.89. The van der Waals surface area contributed by atoms with Crippen molar-refractivity contribution in [2.45, 2.75) is 38.1 Å². The Morgan fingerprint density at radius 2 is 2.02 bits per heavy atom. The number of thiazole rings is 1. The molecule has 1 aliphatic heterocycles. The highest BCUT2D eigenvalue weighted by molar-refractivity contribution is 7.10. The van der Waals surface area contributed by atoms with E-state index in [2.05, 4.69) is 20.3 Å². The predicted molar refractivity (Wildman–Crippen MR) is 153 cm³/mol. The Bertz CT molecular complexity index is 1860. The molecule has 6 rings (SSSR count). The molecule has 5 aromatic rings. The summed E-state index contributed by atoms with van der Waals surface area (Å²) in [6.07, 6.45) is 0.953. The van der Waals surface area contributed by atoms with Crippen molar-refractivity contribution < 1.29 is 19.1 Å². The number of carbonyl (C=O) groups excluding carboxylic acids is 1. The van der Waals surface area contributed by atoms with Crippen molar-refractivity contribution in [1.82, 2.24) is 24.7 Å². The summed E-state index contributed by atoms with van der Waals surface area (Å²) in [6, 6.07) is 11.7. The van der Waals surface area contributed by atoms with Crippen molar-refractivity contribution in [3.8, 4) is 11.5 Å². The topological polar surface area (TPSA) is 149 Å². The molecule has 2 aromatic carbocycles. The lowest BCUT2D eigenvalue weighted by atomic mass is 9.85. The maximum atomic E-state index is 14.5. The number of nitrogen functional groups attached to an aromatic ring is 1. The lowest BCUT2D eigenvalue weighted by Crippen LogP contribution is -2.33. The van der Waals surface area contributed by atoms with E-state index < -0.39 is 11.4 Å². The molecule has 41 heavy (non-hydrogen) atoms. The van der Waals surface area contributed by atoms with Crippen molar-refractivity contribution >= 4 is 57.4 Å². The fourth-order valence-corrected chi connectivity index (χ4v) is 6.20. The van der Waals surface area contributed by atoms with Gasteiger partial charge in [0.2, 0.25) is 5.91 Å². The zero-order chi connectivity index (χ0) is 28.9. The number of anilines is 2. The number of halogens is 2. The molecule has 4 heterocycles. The van der Waals surface area contributed by atoms with E-state index in [1.807, 2.05) is 5.38 Å². The van der Waals surface area contributed by atoms with Crippen LogP contribution in [-0.4, -0.2) is 41.7 Å². The first-order valence-electron chi connectivity index (χ1n) is 12.7. The molecule has 13 heteroatoms. The number of carboxylic acid groups (broad SMARTS) is 1. The normalized spacial score (nSPS) is 16.2. The molecule has 1 aliphatic rings. The number of hydrogen-bond acceptors (Lipinski definition) is 8. The van der Waals surface area contributed by atoms with E-state index in [-0.39, 0.29) is 42.2 Å². The van der Waals surface area contributed by atoms with Crippen LogP contribution in [0.5, 0.6) is 0 Å². The van der Waals surface area contributed by atoms with Gasteiger partial charge in [-0.05, 0) is 44.0 Å². The number of benzene rings is 2. The van der Waals surface area contributed by atoms with Gasteiger partial charge in [0.25, 0.3) is 0 Å². The monoisotopic (exact) mass is 591 g/mol. The van der Waals surface area contributed by atoms with Crippen LogP contribution in [0.3, 0.4) is 0 Å². The first kappa shape index (κ1) is 26.8. The summed E-state index contributed by atoms with van der Waals surface area (Å²) in [6.45, 7) is 1.87. The summed E-state index contributed by atoms with van der Waals surface area (Å²) >= 11 is 7.59. The van der Waals surface area contributed by atoms with Crippen molar-refractivity contribution in [3.05, 3.63) is 80.5 Å². The van der Waals surface area contributed by atoms with Crippen molar-refractivity contribution in [3.63, 3.8) is 0 Å². The third kappa shape index (κ3) is 4.68. The van der Waals surface area contributed by atoms with Crippen molar-refractivity contribution in [2.75, 3.05) is 11.1 Å². The van der Waals surface area contributed by atoms with E-state index in [9.17, 15) is 14.0 Å². The highest BCUT2D eigenvalue weighted by Crippen LogP contribution is 2.46. The van der Waals surface area contributed by atoms with Crippen LogP contribution in [0.25, 0.3) is 22.4 Å². The molecule has 0 unspecified atom stereocenters. The summed E-state index contributed by atoms with van der Waals surface area (Å²) in [4.78, 5) is 38.0. The Morgan fingerprint density at radius 3 is 2.80 bits per heavy atom. The first-order chi connectivity index (χ1) is 19.6. The highest BCUT2D eigenvalue weighted by Gasteiger charge is 2.49. The molecule has 1 atom stereocenters. The van der Waals surface area contributed by atoms with E-state index in [0.29, 0.717) is 56.3 Å². The molecule has 1 amide bonds. The van der Waals surface area contributed by atoms with E-state index >= 15 is 0 Å². The van der Waals surface area contributed by atoms with Crippen LogP contribution >= 0.6 is 22.9 Å². The van der Waals surface area contributed by atoms with Gasteiger partial charge < -0.3 is 16.2 Å². The summed E-state index contributed by atoms with van der Waals surface area (Å²) in [5.41, 5.74) is 7.89. The van der Waals surface area contributed by atoms with Crippen LogP contribution in [0.15, 0.2) is 47.8 Å². The molecule has 0 radical (unpaired) electrons. The summed E-state index contributed by atoms with van der Waals surface area (Å²) in [5.74, 6) is -1.03. The standard InChI is InChI=1S/C28H23ClFN7O3S/c1-28(27-32-16(13-41-27)6-4-8-20(38)39)21-23(31)33-25(34-24(21)35-26(28)40)22-17-10-9-15(29)11-19(17)37(36-22)12-14-5-2-3-7-18(14)30/h2-3,5,7,9-11,13H,4,6,8,12H2,1H3,(H,38,39)(H3,31,33,34,35,40)/t28-/m0/s1. The number of aliphatic carboxylic acids is 1. The number of aromatic nitrogens is 5. The highest BCUT2D eigenvalue weighted by atomic mass is 35.5. The van der Waals surface area contributed by atoms with Crippen LogP contribution < -0.4 is 11.1 Å². The minimum Gasteiger partial charge on any atom is -0.481 e. The summed E-state index contributed by atoms with van der Waals surface area (Å²) in [5, 5.41) is 20.0. The Hall–Kier alpha value is -4.42. The number of rotatable bonds is 8. The summed E-state index contributed by atoms with van der Waals surface area (Å²) in [7, 11) is 0. The fourth-order valence-electron chi connectivity index (χ4n) is 5.01. The van der Waals surface area contributed by atoms with E-state index in [0.717, 1.165) is 0 Å². The van der Waals surface area contributed by atoms with Gasteiger partial charge in [-0.2, -0.15) is 5.10 Å². The summed E-state index contributed by atoms with van der Waals surface area (Å²) < 4.78 is 16.1. The molecule has 0 spiro atoms. The maximum absolute atomic E-state index is 14.5. The lowest BCUT2D eigenvalue weighted by Gasteiger charge is -2.20. The molecule has 3 aromatic heterocycles. The van der Waals surface area contributed by atoms with Crippen molar-refractivity contribution in [2.24, 2.45) is 0 Å². The van der Waals surface area contributed by atoms with Crippen LogP contribution in [0.1, 0.15) is 41.6 Å². The number of nitrogens with one attached hydrogen (secondary N) is 1. The zero-order valence-corrected chi connectivity index (χ0v) is 23.3. The van der Waals surface area contributed by atoms with Gasteiger partial charge in [0.05, 0.1) is 23.3 Å². The molecule has 0 fully saturated rings. The van der Waals surface area contributed by atoms with Crippen LogP contribution in [0.4, 0.5) is 16.0 Å². The van der Waals surface area contributed by atoms with Gasteiger partial charge in [0.15, 0.2) is 5.82 Å². The van der Waals surface area contributed by atoms with E-state index in [4.69, 9.17) is 27.5 Å². The first-order valence-corrected chi connectivity index (χ1v) is 14.0. The lowest BCUT2D eigenvalue weighted by molar-refractivity contribution is -0.137. The third-order valence-electron chi connectivity index (χ3n) is 7.13. The van der Waals surface area contributed by atoms with Crippen LogP contribution in [0, 0.1) is 5.82 Å². The zero-order valence-electron chi connectivity index (χ0n) is 21.7. The molecule has 10 nitrogen and oxygen atoms in total. The number of nitrogens with two attached hydrogens (primary N) is 1. The predicted octanol–water partition coefficient (Wildman–Crippen LogP) is 5.04. The minimum atomic E-state index is -1.23. The molecular weight excluding hydrogens is 569 g/mol. The average molecular weight is 592 g/mol. The number of nitrogens with zero attached hydrogens (tertiary/aromatic N) is 5. The number of carbonyl (C=O) groups is 2. The SMILES string of the molecule is C[C@@]1(c2nc(CCCC(=O)O)cs2)C(=O)Nc2nc(-c3nn(Cc4ccccc4F)c4cc(Cl)ccc34)nc(N)c21. The smallest absolute Gasteiger partial charge is 0.303 e. The van der Waals surface area contributed by atoms with Gasteiger partial charge in [0.1, 0.15) is 33.6 Å². The van der Waals surface area contributed by atoms with Gasteiger partial charge in [-0.15, -0.1) is 11.3 Å². The van der Waals surface area contributed by atoms with Gasteiger partial charge in [-0.3, -0.25) is 14.3 Å². The minimum absolute atomic E-state index is 0.0357. The molecule has 0 saturated heterocycles. The third-order valence-corrected chi connectivity index (χ3v) is 8.48. The number of carboxylic acids is 1. The Balaban J connectivity index is 1.40. The average Bonchev–Trinajstić information content (AvgIpc) is 3.61. The largest absolute Gasteiger partial charge is 0.481 e. The number of aryl methyl sites for hydroxylation is 1. The molecule has 0 saturated carbocycles. The van der Waals surface area contributed by atoms with Gasteiger partial charge >= 0.3 is 5.97 Å². The van der Waals surface area contributed by atoms with Gasteiger partial charge in [0, 0.05) is 27.8 Å². The Labute approximate surface area is 242 Å². The fraction of sp³-hybridized carbons (Fsp3) is 0.214. The Kier molecular flexibility index (Phi) is 6.66. The number of hydrogen-bond donors (Lipinski definition) is 3. The second kappa shape index (κ2) is 10.2. The number of amides is 1. The van der Waals surface area contributed by atoms with Crippen LogP contribution in [0.2, 0.25) is 5.02 Å². The molecular formula is C28H23ClFN7O3S. The van der Waals surface area contributed by atoms with E-state index in [1.54, 1.807) is 48.0 Å². The molecule has 0 aliphatic carbocycles.